The molecule has 0 fully saturated rings. The zero-order valence-corrected chi connectivity index (χ0v) is 18.0. The van der Waals surface area contributed by atoms with Crippen LogP contribution < -0.4 is 4.74 Å². The number of hydrogen-bond donors (Lipinski definition) is 0. The van der Waals surface area contributed by atoms with Gasteiger partial charge in [-0.1, -0.05) is 0 Å². The molecule has 0 saturated carbocycles. The Bertz CT molecular complexity index is 1070. The fourth-order valence-corrected chi connectivity index (χ4v) is 9.57. The molecular formula is C20H16F3IO4S. The number of alkyl halides is 3. The number of halogens is 4. The summed E-state index contributed by atoms with van der Waals surface area (Å²) in [6.07, 6.45) is -4.82. The zero-order valence-electron chi connectivity index (χ0n) is 15.1. The van der Waals surface area contributed by atoms with Crippen LogP contribution in [0, 0.1) is 7.14 Å². The molecule has 29 heavy (non-hydrogen) atoms. The van der Waals surface area contributed by atoms with Crippen LogP contribution in [0.3, 0.4) is 0 Å². The van der Waals surface area contributed by atoms with E-state index in [0.29, 0.717) is 12.9 Å². The van der Waals surface area contributed by atoms with E-state index in [1.54, 1.807) is 54.6 Å². The molecule has 4 nitrogen and oxygen atoms in total. The average molecular weight is 536 g/mol. The van der Waals surface area contributed by atoms with Gasteiger partial charge in [-0.15, -0.1) is 0 Å². The van der Waals surface area contributed by atoms with Crippen LogP contribution in [-0.2, 0) is 18.8 Å². The Morgan fingerprint density at radius 2 is 1.34 bits per heavy atom. The van der Waals surface area contributed by atoms with Gasteiger partial charge < -0.3 is 0 Å². The van der Waals surface area contributed by atoms with E-state index in [-0.39, 0.29) is 0 Å². The summed E-state index contributed by atoms with van der Waals surface area (Å²) in [5, 5.41) is 0. The van der Waals surface area contributed by atoms with Crippen molar-refractivity contribution in [2.75, 3.05) is 7.11 Å². The zero-order chi connectivity index (χ0) is 21.1. The van der Waals surface area contributed by atoms with Crippen LogP contribution in [0.2, 0.25) is 0 Å². The van der Waals surface area contributed by atoms with Crippen LogP contribution in [0.25, 0.3) is 0 Å². The number of rotatable bonds is 6. The molecule has 0 aliphatic carbocycles. The molecule has 0 N–H and O–H groups in total. The Balaban J connectivity index is 2.06. The molecule has 9 heteroatoms. The third kappa shape index (κ3) is 5.09. The second-order valence-corrected chi connectivity index (χ2v) is 12.2. The topological polar surface area (TPSA) is 52.6 Å². The third-order valence-corrected chi connectivity index (χ3v) is 11.2. The molecule has 0 aliphatic rings. The van der Waals surface area contributed by atoms with E-state index in [4.69, 9.17) is 7.25 Å². The van der Waals surface area contributed by atoms with Gasteiger partial charge in [-0.3, -0.25) is 0 Å². The monoisotopic (exact) mass is 536 g/mol. The fraction of sp³-hybridized carbons (Fsp3) is 0.100. The predicted octanol–water partition coefficient (Wildman–Crippen LogP) is 5.58. The molecule has 3 rings (SSSR count). The number of ether oxygens (including phenoxy) is 1. The van der Waals surface area contributed by atoms with Crippen LogP contribution in [-0.4, -0.2) is 15.5 Å². The summed E-state index contributed by atoms with van der Waals surface area (Å²) in [7, 11) is -3.17. The molecule has 3 aromatic rings. The van der Waals surface area contributed by atoms with Gasteiger partial charge in [0.25, 0.3) is 0 Å². The van der Waals surface area contributed by atoms with E-state index in [9.17, 15) is 21.6 Å². The average Bonchev–Trinajstić information content (AvgIpc) is 2.72. The van der Waals surface area contributed by atoms with Gasteiger partial charge in [0.05, 0.1) is 0 Å². The minimum absolute atomic E-state index is 0.572. The van der Waals surface area contributed by atoms with Crippen molar-refractivity contribution in [1.29, 1.82) is 0 Å². The fourth-order valence-electron chi connectivity index (χ4n) is 2.45. The predicted molar refractivity (Wildman–Crippen MR) is 111 cm³/mol. The van der Waals surface area contributed by atoms with Gasteiger partial charge >= 0.3 is 175 Å². The van der Waals surface area contributed by atoms with Crippen molar-refractivity contribution < 1.29 is 28.8 Å². The molecule has 0 spiro atoms. The maximum absolute atomic E-state index is 13.3. The molecule has 0 saturated heterocycles. The number of methoxy groups -OCH3 is 1. The van der Waals surface area contributed by atoms with Gasteiger partial charge in [0.2, 0.25) is 0 Å². The van der Waals surface area contributed by atoms with E-state index in [1.165, 1.54) is 13.2 Å². The molecule has 0 atom stereocenters. The molecule has 154 valence electrons. The van der Waals surface area contributed by atoms with Gasteiger partial charge in [0.1, 0.15) is 0 Å². The summed E-state index contributed by atoms with van der Waals surface area (Å²) < 4.78 is 77.6. The first kappa shape index (κ1) is 21.6. The molecule has 0 bridgehead atoms. The summed E-state index contributed by atoms with van der Waals surface area (Å²) in [6.45, 7) is 0. The Morgan fingerprint density at radius 1 is 0.793 bits per heavy atom. The number of hydrogen-bond acceptors (Lipinski definition) is 4. The van der Waals surface area contributed by atoms with E-state index in [2.05, 4.69) is 0 Å². The normalized spacial score (nSPS) is 12.5. The van der Waals surface area contributed by atoms with Gasteiger partial charge in [-0.2, -0.15) is 0 Å². The summed E-state index contributed by atoms with van der Waals surface area (Å²) in [4.78, 5) is -0.890. The molecule has 0 unspecified atom stereocenters. The van der Waals surface area contributed by atoms with Crippen LogP contribution in [0.5, 0.6) is 5.75 Å². The van der Waals surface area contributed by atoms with Crippen molar-refractivity contribution in [3.8, 4) is 5.75 Å². The van der Waals surface area contributed by atoms with E-state index in [0.717, 1.165) is 18.2 Å². The molecule has 0 amide bonds. The van der Waals surface area contributed by atoms with Gasteiger partial charge in [-0.25, -0.2) is 0 Å². The van der Waals surface area contributed by atoms with Crippen LogP contribution >= 0.6 is 20.2 Å². The molecule has 0 heterocycles. The molecular weight excluding hydrogens is 520 g/mol. The Hall–Kier alpha value is -2.11. The first-order valence-corrected chi connectivity index (χ1v) is 12.7. The Kier molecular flexibility index (Phi) is 6.49. The van der Waals surface area contributed by atoms with Crippen molar-refractivity contribution in [1.82, 2.24) is 0 Å². The van der Waals surface area contributed by atoms with Crippen molar-refractivity contribution in [3.63, 3.8) is 0 Å². The van der Waals surface area contributed by atoms with Crippen LogP contribution in [0.1, 0.15) is 5.56 Å². The Labute approximate surface area is 174 Å². The second-order valence-electron chi connectivity index (χ2n) is 5.71. The van der Waals surface area contributed by atoms with Crippen LogP contribution in [0.15, 0.2) is 83.8 Å². The third-order valence-electron chi connectivity index (χ3n) is 3.79. The van der Waals surface area contributed by atoms with Crippen molar-refractivity contribution in [3.05, 3.63) is 91.6 Å². The van der Waals surface area contributed by atoms with Gasteiger partial charge in [0, 0.05) is 0 Å². The standard InChI is InChI=1S/C20H16F3IO4S/c1-27-17-13-11-16(12-14-17)24(15-7-3-2-4-8-15)28-29(25,26)19-10-6-5-9-18(19)20(21,22)23/h2-14H,1H3. The molecule has 0 aromatic heterocycles. The summed E-state index contributed by atoms with van der Waals surface area (Å²) in [5.74, 6) is 0.572. The molecule has 0 aliphatic heterocycles. The summed E-state index contributed by atoms with van der Waals surface area (Å²) >= 11 is -3.08. The first-order valence-electron chi connectivity index (χ1n) is 8.23. The van der Waals surface area contributed by atoms with Gasteiger partial charge in [-0.05, 0) is 0 Å². The SMILES string of the molecule is COc1ccc(I(OS(=O)(=O)c2ccccc2C(F)(F)F)c2ccccc2)cc1. The van der Waals surface area contributed by atoms with E-state index >= 15 is 0 Å². The first-order chi connectivity index (χ1) is 13.7. The summed E-state index contributed by atoms with van der Waals surface area (Å²) in [5.41, 5.74) is -1.25. The van der Waals surface area contributed by atoms with Crippen LogP contribution in [0.4, 0.5) is 13.2 Å². The number of benzene rings is 3. The van der Waals surface area contributed by atoms with E-state index in [1.807, 2.05) is 0 Å². The van der Waals surface area contributed by atoms with Crippen molar-refractivity contribution in [2.45, 2.75) is 11.1 Å². The van der Waals surface area contributed by atoms with E-state index < -0.39 is 47.0 Å². The quantitative estimate of drug-likeness (QED) is 0.386. The van der Waals surface area contributed by atoms with Gasteiger partial charge in [0.15, 0.2) is 0 Å². The Morgan fingerprint density at radius 3 is 1.93 bits per heavy atom. The second kappa shape index (κ2) is 8.72. The molecule has 3 aromatic carbocycles. The minimum atomic E-state index is -4.82. The maximum atomic E-state index is 13.3. The summed E-state index contributed by atoms with van der Waals surface area (Å²) in [6, 6.07) is 19.3. The molecule has 0 radical (unpaired) electrons. The van der Waals surface area contributed by atoms with Crippen molar-refractivity contribution >= 4 is 30.4 Å². The van der Waals surface area contributed by atoms with Crippen molar-refractivity contribution in [2.24, 2.45) is 0 Å².